The van der Waals surface area contributed by atoms with Crippen molar-refractivity contribution in [3.05, 3.63) is 64.1 Å². The molecule has 3 rings (SSSR count). The first-order valence-electron chi connectivity index (χ1n) is 9.93. The highest BCUT2D eigenvalue weighted by atomic mass is 35.5. The van der Waals surface area contributed by atoms with Crippen molar-refractivity contribution < 1.29 is 24.2 Å². The molecule has 10 nitrogen and oxygen atoms in total. The van der Waals surface area contributed by atoms with Gasteiger partial charge in [-0.3, -0.25) is 9.59 Å². The molecule has 0 aliphatic heterocycles. The zero-order valence-electron chi connectivity index (χ0n) is 17.6. The van der Waals surface area contributed by atoms with Crippen LogP contribution in [0.1, 0.15) is 12.0 Å². The average Bonchev–Trinajstić information content (AvgIpc) is 3.23. The van der Waals surface area contributed by atoms with Crippen molar-refractivity contribution in [3.8, 4) is 0 Å². The van der Waals surface area contributed by atoms with Crippen LogP contribution in [0.25, 0.3) is 0 Å². The maximum atomic E-state index is 12.6. The van der Waals surface area contributed by atoms with Gasteiger partial charge >= 0.3 is 12.1 Å². The lowest BCUT2D eigenvalue weighted by Gasteiger charge is -2.15. The number of nitrogens with one attached hydrogen (secondary N) is 1. The molecule has 0 aliphatic rings. The lowest BCUT2D eigenvalue weighted by atomic mass is 10.1. The number of rotatable bonds is 11. The second-order valence-electron chi connectivity index (χ2n) is 6.89. The standard InChI is InChI=1S/C21H19Cl2N5O5S/c22-14-7-4-8-15(23)19(14)34-20-25-27-28(26-20)12-17(29)16(11-18(30)31)24-21(32)33-10-9-13-5-2-1-3-6-13/h1-8,16H,9-12H2,(H,24,32)(H,30,31). The van der Waals surface area contributed by atoms with Gasteiger partial charge in [-0.25, -0.2) is 4.79 Å². The molecule has 1 aromatic heterocycles. The van der Waals surface area contributed by atoms with Gasteiger partial charge in [-0.15, -0.1) is 10.2 Å². The number of carboxylic acids is 1. The fraction of sp³-hybridized carbons (Fsp3) is 0.238. The summed E-state index contributed by atoms with van der Waals surface area (Å²) in [7, 11) is 0. The zero-order valence-corrected chi connectivity index (χ0v) is 19.9. The molecule has 0 spiro atoms. The zero-order chi connectivity index (χ0) is 24.5. The number of nitrogens with zero attached hydrogens (tertiary/aromatic N) is 4. The Bertz CT molecular complexity index is 1140. The SMILES string of the molecule is O=C(O)CC(NC(=O)OCCc1ccccc1)C(=O)Cn1nnc(Sc2c(Cl)cccc2Cl)n1. The first-order chi connectivity index (χ1) is 16.3. The van der Waals surface area contributed by atoms with Gasteiger partial charge in [-0.2, -0.15) is 4.80 Å². The van der Waals surface area contributed by atoms with E-state index >= 15 is 0 Å². The van der Waals surface area contributed by atoms with Crippen molar-refractivity contribution in [2.24, 2.45) is 0 Å². The number of halogens is 2. The van der Waals surface area contributed by atoms with Crippen LogP contribution in [-0.2, 0) is 27.3 Å². The highest BCUT2D eigenvalue weighted by Crippen LogP contribution is 2.36. The number of alkyl carbamates (subject to hydrolysis) is 1. The Labute approximate surface area is 208 Å². The molecular formula is C21H19Cl2N5O5S. The Morgan fingerprint density at radius 1 is 1.09 bits per heavy atom. The van der Waals surface area contributed by atoms with Gasteiger partial charge in [0.25, 0.3) is 0 Å². The van der Waals surface area contributed by atoms with E-state index in [0.717, 1.165) is 22.1 Å². The second kappa shape index (κ2) is 12.4. The number of Topliss-reactive ketones (excluding diaryl/α,β-unsaturated/α-hetero) is 1. The van der Waals surface area contributed by atoms with Crippen LogP contribution >= 0.6 is 35.0 Å². The lowest BCUT2D eigenvalue weighted by Crippen LogP contribution is -2.44. The Hall–Kier alpha value is -3.15. The molecule has 0 bridgehead atoms. The quantitative estimate of drug-likeness (QED) is 0.386. The predicted molar refractivity (Wildman–Crippen MR) is 124 cm³/mol. The van der Waals surface area contributed by atoms with E-state index in [-0.39, 0.29) is 11.8 Å². The molecule has 2 aromatic carbocycles. The number of tetrazole rings is 1. The molecular weight excluding hydrogens is 505 g/mol. The van der Waals surface area contributed by atoms with Gasteiger partial charge in [0.05, 0.1) is 28.0 Å². The largest absolute Gasteiger partial charge is 0.481 e. The number of hydrogen-bond donors (Lipinski definition) is 2. The summed E-state index contributed by atoms with van der Waals surface area (Å²) >= 11 is 13.3. The van der Waals surface area contributed by atoms with Crippen LogP contribution in [0.3, 0.4) is 0 Å². The molecule has 0 radical (unpaired) electrons. The van der Waals surface area contributed by atoms with E-state index in [0.29, 0.717) is 21.4 Å². The Morgan fingerprint density at radius 2 is 1.79 bits per heavy atom. The van der Waals surface area contributed by atoms with Crippen molar-refractivity contribution in [1.82, 2.24) is 25.5 Å². The van der Waals surface area contributed by atoms with E-state index in [1.165, 1.54) is 0 Å². The third kappa shape index (κ3) is 7.72. The molecule has 0 fully saturated rings. The van der Waals surface area contributed by atoms with Crippen molar-refractivity contribution >= 4 is 52.8 Å². The lowest BCUT2D eigenvalue weighted by molar-refractivity contribution is -0.139. The summed E-state index contributed by atoms with van der Waals surface area (Å²) in [4.78, 5) is 37.5. The minimum atomic E-state index is -1.33. The summed E-state index contributed by atoms with van der Waals surface area (Å²) in [5.74, 6) is -1.90. The number of ether oxygens (including phenoxy) is 1. The number of carbonyl (C=O) groups is 3. The van der Waals surface area contributed by atoms with E-state index in [4.69, 9.17) is 33.0 Å². The number of carbonyl (C=O) groups excluding carboxylic acids is 2. The summed E-state index contributed by atoms with van der Waals surface area (Å²) in [5.41, 5.74) is 0.970. The van der Waals surface area contributed by atoms with Crippen molar-refractivity contribution in [2.45, 2.75) is 35.5 Å². The van der Waals surface area contributed by atoms with Crippen LogP contribution in [0.2, 0.25) is 10.0 Å². The highest BCUT2D eigenvalue weighted by molar-refractivity contribution is 7.99. The topological polar surface area (TPSA) is 136 Å². The molecule has 1 atom stereocenters. The smallest absolute Gasteiger partial charge is 0.407 e. The van der Waals surface area contributed by atoms with Gasteiger partial charge < -0.3 is 15.2 Å². The fourth-order valence-electron chi connectivity index (χ4n) is 2.77. The van der Waals surface area contributed by atoms with Gasteiger partial charge in [0, 0.05) is 6.42 Å². The monoisotopic (exact) mass is 523 g/mol. The summed E-state index contributed by atoms with van der Waals surface area (Å²) < 4.78 is 5.08. The van der Waals surface area contributed by atoms with Crippen LogP contribution in [0.5, 0.6) is 0 Å². The summed E-state index contributed by atoms with van der Waals surface area (Å²) in [6.45, 7) is -0.342. The van der Waals surface area contributed by atoms with Gasteiger partial charge in [0.1, 0.15) is 12.6 Å². The van der Waals surface area contributed by atoms with E-state index in [1.807, 2.05) is 30.3 Å². The summed E-state index contributed by atoms with van der Waals surface area (Å²) in [5, 5.41) is 24.1. The van der Waals surface area contributed by atoms with Crippen molar-refractivity contribution in [2.75, 3.05) is 6.61 Å². The number of amides is 1. The van der Waals surface area contributed by atoms with E-state index < -0.39 is 36.9 Å². The van der Waals surface area contributed by atoms with Crippen molar-refractivity contribution in [3.63, 3.8) is 0 Å². The molecule has 1 heterocycles. The molecule has 0 saturated heterocycles. The van der Waals surface area contributed by atoms with Crippen LogP contribution in [0, 0.1) is 0 Å². The van der Waals surface area contributed by atoms with Gasteiger partial charge in [-0.1, -0.05) is 59.6 Å². The van der Waals surface area contributed by atoms with Gasteiger partial charge in [-0.05, 0) is 34.7 Å². The molecule has 1 amide bonds. The first-order valence-corrected chi connectivity index (χ1v) is 11.5. The first kappa shape index (κ1) is 25.5. The fourth-order valence-corrected chi connectivity index (χ4v) is 4.12. The third-order valence-corrected chi connectivity index (χ3v) is 6.21. The van der Waals surface area contributed by atoms with E-state index in [2.05, 4.69) is 20.7 Å². The van der Waals surface area contributed by atoms with Crippen molar-refractivity contribution in [1.29, 1.82) is 0 Å². The maximum absolute atomic E-state index is 12.6. The van der Waals surface area contributed by atoms with Crippen LogP contribution in [-0.4, -0.2) is 55.8 Å². The molecule has 34 heavy (non-hydrogen) atoms. The number of ketones is 1. The highest BCUT2D eigenvalue weighted by Gasteiger charge is 2.25. The minimum absolute atomic E-state index is 0.0691. The minimum Gasteiger partial charge on any atom is -0.481 e. The number of aromatic nitrogens is 4. The number of hydrogen-bond acceptors (Lipinski definition) is 8. The van der Waals surface area contributed by atoms with E-state index in [9.17, 15) is 14.4 Å². The normalized spacial score (nSPS) is 11.6. The molecule has 2 N–H and O–H groups in total. The van der Waals surface area contributed by atoms with Crippen LogP contribution < -0.4 is 5.32 Å². The van der Waals surface area contributed by atoms with Gasteiger partial charge in [0.2, 0.25) is 5.16 Å². The summed E-state index contributed by atoms with van der Waals surface area (Å²) in [6.07, 6.45) is -1.05. The maximum Gasteiger partial charge on any atom is 0.407 e. The van der Waals surface area contributed by atoms with Crippen LogP contribution in [0.15, 0.2) is 58.6 Å². The van der Waals surface area contributed by atoms with Crippen LogP contribution in [0.4, 0.5) is 4.79 Å². The number of benzene rings is 2. The number of carboxylic acid groups (broad SMARTS) is 1. The molecule has 13 heteroatoms. The third-order valence-electron chi connectivity index (χ3n) is 4.37. The number of aliphatic carboxylic acids is 1. The molecule has 0 aliphatic carbocycles. The van der Waals surface area contributed by atoms with E-state index in [1.54, 1.807) is 18.2 Å². The average molecular weight is 524 g/mol. The molecule has 3 aromatic rings. The molecule has 0 saturated carbocycles. The second-order valence-corrected chi connectivity index (χ2v) is 8.68. The Kier molecular flexibility index (Phi) is 9.25. The Balaban J connectivity index is 1.56. The molecule has 178 valence electrons. The predicted octanol–water partition coefficient (Wildman–Crippen LogP) is 3.51. The Morgan fingerprint density at radius 3 is 2.47 bits per heavy atom. The summed E-state index contributed by atoms with van der Waals surface area (Å²) in [6, 6.07) is 13.0. The molecule has 1 unspecified atom stereocenters. The van der Waals surface area contributed by atoms with Gasteiger partial charge in [0.15, 0.2) is 5.78 Å².